The van der Waals surface area contributed by atoms with E-state index < -0.39 is 5.66 Å². The highest BCUT2D eigenvalue weighted by Gasteiger charge is 2.42. The fourth-order valence-corrected chi connectivity index (χ4v) is 4.58. The molecule has 0 unspecified atom stereocenters. The summed E-state index contributed by atoms with van der Waals surface area (Å²) >= 11 is 0. The Morgan fingerprint density at radius 2 is 1.74 bits per heavy atom. The van der Waals surface area contributed by atoms with E-state index in [4.69, 9.17) is 25.9 Å². The monoisotopic (exact) mass is 417 g/mol. The summed E-state index contributed by atoms with van der Waals surface area (Å²) in [6.07, 6.45) is 5.15. The van der Waals surface area contributed by atoms with Gasteiger partial charge in [-0.2, -0.15) is 4.99 Å². The van der Waals surface area contributed by atoms with Crippen molar-refractivity contribution in [3.8, 4) is 11.5 Å². The van der Waals surface area contributed by atoms with Crippen LogP contribution in [-0.4, -0.2) is 36.7 Å². The van der Waals surface area contributed by atoms with Crippen LogP contribution in [0.5, 0.6) is 0 Å². The molecule has 0 radical (unpaired) electrons. The number of anilines is 2. The molecule has 2 aromatic carbocycles. The molecule has 1 saturated carbocycles. The Bertz CT molecular complexity index is 1170. The number of nitrogens with zero attached hydrogens (tertiary/aromatic N) is 5. The average Bonchev–Trinajstić information content (AvgIpc) is 3.17. The minimum Gasteiger partial charge on any atom is -0.436 e. The van der Waals surface area contributed by atoms with Crippen LogP contribution < -0.4 is 21.3 Å². The third-order valence-electron chi connectivity index (χ3n) is 6.11. The van der Waals surface area contributed by atoms with E-state index in [1.54, 1.807) is 0 Å². The third kappa shape index (κ3) is 3.37. The second-order valence-electron chi connectivity index (χ2n) is 8.43. The Morgan fingerprint density at radius 3 is 2.45 bits per heavy atom. The number of fused-ring (bicyclic) bond motifs is 1. The number of hydrogen-bond acceptors (Lipinski definition) is 8. The number of rotatable bonds is 3. The molecule has 2 heterocycles. The minimum atomic E-state index is -0.476. The molecule has 31 heavy (non-hydrogen) atoms. The highest BCUT2D eigenvalue weighted by molar-refractivity contribution is 6.06. The van der Waals surface area contributed by atoms with Crippen LogP contribution in [0.15, 0.2) is 56.9 Å². The van der Waals surface area contributed by atoms with Crippen LogP contribution in [0.1, 0.15) is 32.1 Å². The van der Waals surface area contributed by atoms with Gasteiger partial charge in [-0.05, 0) is 68.1 Å². The van der Waals surface area contributed by atoms with Gasteiger partial charge in [-0.25, -0.2) is 9.98 Å². The molecule has 3 aromatic rings. The van der Waals surface area contributed by atoms with Crippen molar-refractivity contribution >= 4 is 34.4 Å². The molecule has 0 atom stereocenters. The van der Waals surface area contributed by atoms with Gasteiger partial charge in [-0.15, -0.1) is 0 Å². The smallest absolute Gasteiger partial charge is 0.227 e. The van der Waals surface area contributed by atoms with E-state index in [1.807, 2.05) is 49.3 Å². The van der Waals surface area contributed by atoms with Gasteiger partial charge in [0, 0.05) is 31.0 Å². The Balaban J connectivity index is 1.53. The van der Waals surface area contributed by atoms with Crippen molar-refractivity contribution in [1.82, 2.24) is 4.98 Å². The maximum atomic E-state index is 6.35. The van der Waals surface area contributed by atoms with Crippen LogP contribution in [0.4, 0.5) is 11.4 Å². The Labute approximate surface area is 181 Å². The van der Waals surface area contributed by atoms with Crippen LogP contribution in [0.3, 0.4) is 0 Å². The molecule has 1 aliphatic heterocycles. The van der Waals surface area contributed by atoms with Crippen molar-refractivity contribution in [2.45, 2.75) is 37.8 Å². The van der Waals surface area contributed by atoms with E-state index in [0.29, 0.717) is 11.9 Å². The van der Waals surface area contributed by atoms with Crippen LogP contribution in [-0.2, 0) is 0 Å². The molecule has 2 aliphatic rings. The quantitative estimate of drug-likeness (QED) is 0.673. The molecule has 1 aromatic heterocycles. The number of nitrogens with two attached hydrogens (primary N) is 2. The van der Waals surface area contributed by atoms with Gasteiger partial charge in [-0.3, -0.25) is 4.90 Å². The maximum Gasteiger partial charge on any atom is 0.227 e. The highest BCUT2D eigenvalue weighted by Crippen LogP contribution is 2.40. The first-order valence-corrected chi connectivity index (χ1v) is 10.6. The summed E-state index contributed by atoms with van der Waals surface area (Å²) in [5.74, 6) is 1.21. The first-order valence-electron chi connectivity index (χ1n) is 10.6. The first-order chi connectivity index (χ1) is 14.9. The van der Waals surface area contributed by atoms with E-state index in [2.05, 4.69) is 22.0 Å². The van der Waals surface area contributed by atoms with Gasteiger partial charge < -0.3 is 20.8 Å². The van der Waals surface area contributed by atoms with E-state index in [9.17, 15) is 0 Å². The molecule has 160 valence electrons. The van der Waals surface area contributed by atoms with Crippen molar-refractivity contribution < 1.29 is 4.42 Å². The number of oxazole rings is 1. The summed E-state index contributed by atoms with van der Waals surface area (Å²) in [6.45, 7) is 0. The van der Waals surface area contributed by atoms with Crippen LogP contribution in [0.25, 0.3) is 22.6 Å². The number of benzene rings is 2. The number of hydrogen-bond donors (Lipinski definition) is 2. The van der Waals surface area contributed by atoms with Gasteiger partial charge >= 0.3 is 0 Å². The van der Waals surface area contributed by atoms with E-state index in [1.165, 1.54) is 6.42 Å². The van der Waals surface area contributed by atoms with Gasteiger partial charge in [0.15, 0.2) is 5.58 Å². The SMILES string of the molecule is CN(C)c1ccc(-c2nc3cc(N4C(N)=NC(N)=NC45CCCCC5)ccc3o2)cc1. The molecule has 0 amide bonds. The van der Waals surface area contributed by atoms with Crippen LogP contribution in [0, 0.1) is 0 Å². The summed E-state index contributed by atoms with van der Waals surface area (Å²) in [5.41, 5.74) is 16.3. The predicted octanol–water partition coefficient (Wildman–Crippen LogP) is 3.67. The molecule has 0 saturated heterocycles. The fraction of sp³-hybridized carbons (Fsp3) is 0.348. The number of aromatic nitrogens is 1. The van der Waals surface area contributed by atoms with E-state index in [-0.39, 0.29) is 5.96 Å². The molecule has 0 bridgehead atoms. The van der Waals surface area contributed by atoms with Crippen molar-refractivity contribution in [3.05, 3.63) is 42.5 Å². The molecule has 1 fully saturated rings. The molecular weight excluding hydrogens is 390 g/mol. The Morgan fingerprint density at radius 1 is 1.00 bits per heavy atom. The first kappa shape index (κ1) is 19.4. The second-order valence-corrected chi connectivity index (χ2v) is 8.43. The van der Waals surface area contributed by atoms with Gasteiger partial charge in [0.2, 0.25) is 17.8 Å². The van der Waals surface area contributed by atoms with Crippen molar-refractivity contribution in [1.29, 1.82) is 0 Å². The molecular formula is C23H27N7O. The predicted molar refractivity (Wildman–Crippen MR) is 125 cm³/mol. The van der Waals surface area contributed by atoms with Gasteiger partial charge in [0.05, 0.1) is 0 Å². The maximum absolute atomic E-state index is 6.35. The lowest BCUT2D eigenvalue weighted by atomic mass is 9.87. The molecule has 8 heteroatoms. The lowest BCUT2D eigenvalue weighted by Gasteiger charge is -2.45. The zero-order chi connectivity index (χ0) is 21.6. The lowest BCUT2D eigenvalue weighted by Crippen LogP contribution is -2.58. The summed E-state index contributed by atoms with van der Waals surface area (Å²) in [5, 5.41) is 0. The van der Waals surface area contributed by atoms with Gasteiger partial charge in [0.1, 0.15) is 11.2 Å². The van der Waals surface area contributed by atoms with Crippen LogP contribution >= 0.6 is 0 Å². The molecule has 5 rings (SSSR count). The number of guanidine groups is 2. The summed E-state index contributed by atoms with van der Waals surface area (Å²) < 4.78 is 6.03. The van der Waals surface area contributed by atoms with E-state index >= 15 is 0 Å². The van der Waals surface area contributed by atoms with Crippen molar-refractivity contribution in [2.24, 2.45) is 21.5 Å². The average molecular weight is 418 g/mol. The fourth-order valence-electron chi connectivity index (χ4n) is 4.58. The second kappa shape index (κ2) is 7.30. The van der Waals surface area contributed by atoms with Crippen molar-refractivity contribution in [3.63, 3.8) is 0 Å². The van der Waals surface area contributed by atoms with Gasteiger partial charge in [-0.1, -0.05) is 6.42 Å². The zero-order valence-electron chi connectivity index (χ0n) is 17.9. The van der Waals surface area contributed by atoms with Crippen LogP contribution in [0.2, 0.25) is 0 Å². The lowest BCUT2D eigenvalue weighted by molar-refractivity contribution is 0.305. The van der Waals surface area contributed by atoms with E-state index in [0.717, 1.165) is 53.7 Å². The Hall–Kier alpha value is -3.55. The summed E-state index contributed by atoms with van der Waals surface area (Å²) in [4.78, 5) is 17.8. The Kier molecular flexibility index (Phi) is 4.57. The number of aliphatic imine (C=N–C) groups is 2. The zero-order valence-corrected chi connectivity index (χ0v) is 17.9. The summed E-state index contributed by atoms with van der Waals surface area (Å²) in [7, 11) is 4.03. The molecule has 1 aliphatic carbocycles. The largest absolute Gasteiger partial charge is 0.436 e. The molecule has 8 nitrogen and oxygen atoms in total. The third-order valence-corrected chi connectivity index (χ3v) is 6.11. The summed E-state index contributed by atoms with van der Waals surface area (Å²) in [6, 6.07) is 14.1. The molecule has 1 spiro atoms. The topological polar surface area (TPSA) is 109 Å². The van der Waals surface area contributed by atoms with Gasteiger partial charge in [0.25, 0.3) is 0 Å². The normalized spacial score (nSPS) is 18.2. The molecule has 4 N–H and O–H groups in total. The highest BCUT2D eigenvalue weighted by atomic mass is 16.3. The standard InChI is InChI=1S/C23H27N7O/c1-29(2)16-8-6-15(7-9-16)20-26-18-14-17(10-11-19(18)31-20)30-22(25)27-21(24)28-23(30)12-4-3-5-13-23/h6-11,14H,3-5,12-13H2,1-2H3,(H4,24,25,27,28). The minimum absolute atomic E-state index is 0.252. The van der Waals surface area contributed by atoms with Crippen molar-refractivity contribution in [2.75, 3.05) is 23.9 Å².